The average Bonchev–Trinajstić information content (AvgIpc) is 3.19. The molecule has 2 unspecified atom stereocenters. The SMILES string of the molecule is CC(C)c1nnc2c(NCc3ccccc3)nc(NC3CCCCC3N)n(C(C)C)c1-2. The van der Waals surface area contributed by atoms with E-state index >= 15 is 0 Å². The Balaban J connectivity index is 1.77. The highest BCUT2D eigenvalue weighted by molar-refractivity contribution is 5.75. The van der Waals surface area contributed by atoms with Gasteiger partial charge in [-0.05, 0) is 38.2 Å². The van der Waals surface area contributed by atoms with Crippen LogP contribution in [0, 0.1) is 0 Å². The number of nitrogens with zero attached hydrogens (tertiary/aromatic N) is 4. The van der Waals surface area contributed by atoms with E-state index in [0.717, 1.165) is 41.7 Å². The molecule has 1 fully saturated rings. The Morgan fingerprint density at radius 2 is 1.81 bits per heavy atom. The van der Waals surface area contributed by atoms with E-state index in [9.17, 15) is 0 Å². The van der Waals surface area contributed by atoms with Crippen molar-refractivity contribution in [2.45, 2.75) is 84.0 Å². The summed E-state index contributed by atoms with van der Waals surface area (Å²) < 4.78 is 2.25. The van der Waals surface area contributed by atoms with E-state index in [1.165, 1.54) is 18.4 Å². The van der Waals surface area contributed by atoms with Gasteiger partial charge in [0.2, 0.25) is 5.95 Å². The van der Waals surface area contributed by atoms with Crippen LogP contribution < -0.4 is 16.4 Å². The molecule has 0 bridgehead atoms. The Morgan fingerprint density at radius 1 is 1.06 bits per heavy atom. The monoisotopic (exact) mass is 421 g/mol. The molecule has 0 spiro atoms. The van der Waals surface area contributed by atoms with Crippen molar-refractivity contribution in [3.05, 3.63) is 41.6 Å². The third kappa shape index (κ3) is 4.51. The lowest BCUT2D eigenvalue weighted by Gasteiger charge is -2.32. The lowest BCUT2D eigenvalue weighted by Crippen LogP contribution is -2.43. The molecule has 3 aliphatic rings. The van der Waals surface area contributed by atoms with Crippen LogP contribution in [0.4, 0.5) is 11.8 Å². The van der Waals surface area contributed by atoms with Crippen molar-refractivity contribution in [1.82, 2.24) is 19.7 Å². The minimum Gasteiger partial charge on any atom is -0.364 e. The van der Waals surface area contributed by atoms with E-state index in [-0.39, 0.29) is 24.0 Å². The highest BCUT2D eigenvalue weighted by atomic mass is 15.3. The molecule has 4 rings (SSSR count). The Labute approximate surface area is 185 Å². The fourth-order valence-electron chi connectivity index (χ4n) is 4.44. The number of benzene rings is 1. The molecular weight excluding hydrogens is 386 g/mol. The molecular formula is C24H35N7. The molecule has 4 N–H and O–H groups in total. The van der Waals surface area contributed by atoms with E-state index in [1.807, 2.05) is 18.2 Å². The molecule has 0 amide bonds. The second kappa shape index (κ2) is 9.22. The van der Waals surface area contributed by atoms with Gasteiger partial charge in [-0.3, -0.25) is 0 Å². The van der Waals surface area contributed by atoms with E-state index < -0.39 is 0 Å². The number of hydrogen-bond acceptors (Lipinski definition) is 6. The summed E-state index contributed by atoms with van der Waals surface area (Å²) in [7, 11) is 0. The molecule has 1 saturated carbocycles. The Kier molecular flexibility index (Phi) is 6.41. The van der Waals surface area contributed by atoms with Crippen LogP contribution in [0.15, 0.2) is 30.3 Å². The first-order chi connectivity index (χ1) is 15.0. The largest absolute Gasteiger partial charge is 0.364 e. The summed E-state index contributed by atoms with van der Waals surface area (Å²) in [5.41, 5.74) is 10.5. The van der Waals surface area contributed by atoms with E-state index in [4.69, 9.17) is 10.7 Å². The van der Waals surface area contributed by atoms with Crippen LogP contribution in [0.25, 0.3) is 11.4 Å². The van der Waals surface area contributed by atoms with E-state index in [0.29, 0.717) is 6.54 Å². The number of rotatable bonds is 7. The topological polar surface area (TPSA) is 93.7 Å². The molecule has 2 atom stereocenters. The first kappa shape index (κ1) is 21.6. The second-order valence-corrected chi connectivity index (χ2v) is 9.22. The van der Waals surface area contributed by atoms with Gasteiger partial charge in [0.05, 0.1) is 11.4 Å². The maximum Gasteiger partial charge on any atom is 0.205 e. The fraction of sp³-hybridized carbons (Fsp3) is 0.542. The predicted octanol–water partition coefficient (Wildman–Crippen LogP) is 4.78. The molecule has 0 saturated heterocycles. The highest BCUT2D eigenvalue weighted by Gasteiger charge is 2.30. The first-order valence-electron chi connectivity index (χ1n) is 11.5. The zero-order chi connectivity index (χ0) is 22.0. The van der Waals surface area contributed by atoms with Gasteiger partial charge >= 0.3 is 0 Å². The van der Waals surface area contributed by atoms with Gasteiger partial charge in [0.15, 0.2) is 11.5 Å². The molecule has 2 heterocycles. The summed E-state index contributed by atoms with van der Waals surface area (Å²) in [6.45, 7) is 9.37. The van der Waals surface area contributed by atoms with Crippen molar-refractivity contribution < 1.29 is 0 Å². The lowest BCUT2D eigenvalue weighted by molar-refractivity contribution is 0.400. The van der Waals surface area contributed by atoms with Crippen LogP contribution in [-0.4, -0.2) is 31.8 Å². The van der Waals surface area contributed by atoms with Crippen molar-refractivity contribution in [1.29, 1.82) is 0 Å². The molecule has 1 aromatic rings. The van der Waals surface area contributed by atoms with Gasteiger partial charge in [-0.15, -0.1) is 5.10 Å². The summed E-state index contributed by atoms with van der Waals surface area (Å²) in [4.78, 5) is 5.02. The summed E-state index contributed by atoms with van der Waals surface area (Å²) in [5, 5.41) is 16.3. The maximum atomic E-state index is 6.46. The fourth-order valence-corrected chi connectivity index (χ4v) is 4.44. The number of fused-ring (bicyclic) bond motifs is 1. The van der Waals surface area contributed by atoms with Crippen molar-refractivity contribution in [3.63, 3.8) is 0 Å². The van der Waals surface area contributed by atoms with Crippen LogP contribution in [0.3, 0.4) is 0 Å². The Bertz CT molecular complexity index is 964. The summed E-state index contributed by atoms with van der Waals surface area (Å²) in [5.74, 6) is 1.88. The summed E-state index contributed by atoms with van der Waals surface area (Å²) in [6.07, 6.45) is 4.52. The number of nitrogens with one attached hydrogen (secondary N) is 2. The molecule has 7 nitrogen and oxygen atoms in total. The molecule has 2 aliphatic heterocycles. The standard InChI is InChI=1S/C24H35N7/c1-15(2)20-22-21(30-29-20)23(26-14-17-10-6-5-7-11-17)28-24(31(22)16(3)4)27-19-13-9-8-12-18(19)25/h5-7,10-11,15-16,18-19,26H,8-9,12-14,25H2,1-4H3,(H,27,28). The summed E-state index contributed by atoms with van der Waals surface area (Å²) >= 11 is 0. The molecule has 0 aromatic heterocycles. The van der Waals surface area contributed by atoms with Crippen molar-refractivity contribution in [3.8, 4) is 11.4 Å². The maximum absolute atomic E-state index is 6.46. The predicted molar refractivity (Wildman–Crippen MR) is 127 cm³/mol. The zero-order valence-electron chi connectivity index (χ0n) is 19.1. The quantitative estimate of drug-likeness (QED) is 0.508. The lowest BCUT2D eigenvalue weighted by atomic mass is 9.91. The van der Waals surface area contributed by atoms with E-state index in [2.05, 4.69) is 65.2 Å². The Hall–Kier alpha value is -2.67. The van der Waals surface area contributed by atoms with Gasteiger partial charge in [0.1, 0.15) is 0 Å². The molecule has 0 radical (unpaired) electrons. The highest BCUT2D eigenvalue weighted by Crippen LogP contribution is 2.38. The smallest absolute Gasteiger partial charge is 0.205 e. The normalized spacial score (nSPS) is 19.3. The van der Waals surface area contributed by atoms with Gasteiger partial charge < -0.3 is 20.9 Å². The zero-order valence-corrected chi connectivity index (χ0v) is 19.1. The average molecular weight is 422 g/mol. The van der Waals surface area contributed by atoms with Crippen LogP contribution >= 0.6 is 0 Å². The van der Waals surface area contributed by atoms with E-state index in [1.54, 1.807) is 0 Å². The number of nitrogens with two attached hydrogens (primary N) is 1. The van der Waals surface area contributed by atoms with Crippen LogP contribution in [0.1, 0.15) is 76.6 Å². The van der Waals surface area contributed by atoms with Crippen LogP contribution in [0.2, 0.25) is 0 Å². The van der Waals surface area contributed by atoms with Crippen molar-refractivity contribution in [2.24, 2.45) is 5.73 Å². The number of hydrogen-bond donors (Lipinski definition) is 3. The molecule has 31 heavy (non-hydrogen) atoms. The van der Waals surface area contributed by atoms with Crippen LogP contribution in [-0.2, 0) is 6.54 Å². The molecule has 1 aliphatic carbocycles. The first-order valence-corrected chi connectivity index (χ1v) is 11.5. The molecule has 166 valence electrons. The van der Waals surface area contributed by atoms with Gasteiger partial charge in [-0.25, -0.2) is 0 Å². The second-order valence-electron chi connectivity index (χ2n) is 9.22. The molecule has 7 heteroatoms. The molecule has 1 aromatic carbocycles. The minimum atomic E-state index is 0.146. The number of anilines is 2. The van der Waals surface area contributed by atoms with Gasteiger partial charge in [-0.1, -0.05) is 57.0 Å². The third-order valence-electron chi connectivity index (χ3n) is 6.14. The van der Waals surface area contributed by atoms with Gasteiger partial charge in [-0.2, -0.15) is 10.1 Å². The van der Waals surface area contributed by atoms with Gasteiger partial charge in [0.25, 0.3) is 0 Å². The van der Waals surface area contributed by atoms with Crippen molar-refractivity contribution >= 4 is 11.8 Å². The van der Waals surface area contributed by atoms with Gasteiger partial charge in [0, 0.05) is 24.7 Å². The van der Waals surface area contributed by atoms with Crippen LogP contribution in [0.5, 0.6) is 0 Å². The number of aromatic nitrogens is 4. The summed E-state index contributed by atoms with van der Waals surface area (Å²) in [6, 6.07) is 10.9. The third-order valence-corrected chi connectivity index (χ3v) is 6.14. The van der Waals surface area contributed by atoms with Crippen molar-refractivity contribution in [2.75, 3.05) is 10.6 Å². The Morgan fingerprint density at radius 3 is 2.48 bits per heavy atom. The minimum absolute atomic E-state index is 0.146.